The van der Waals surface area contributed by atoms with Gasteiger partial charge in [0.25, 0.3) is 0 Å². The Morgan fingerprint density at radius 1 is 1.24 bits per heavy atom. The summed E-state index contributed by atoms with van der Waals surface area (Å²) in [5, 5.41) is 0. The fraction of sp³-hybridized carbons (Fsp3) is 0.632. The number of benzene rings is 1. The summed E-state index contributed by atoms with van der Waals surface area (Å²) in [7, 11) is 2.19. The van der Waals surface area contributed by atoms with Gasteiger partial charge in [-0.05, 0) is 12.0 Å². The van der Waals surface area contributed by atoms with E-state index in [1.54, 1.807) is 0 Å². The molecule has 5 nitrogen and oxygen atoms in total. The third-order valence-corrected chi connectivity index (χ3v) is 4.36. The zero-order chi connectivity index (χ0) is 17.3. The van der Waals surface area contributed by atoms with Gasteiger partial charge >= 0.3 is 5.97 Å². The molecule has 1 saturated heterocycles. The minimum atomic E-state index is -0.212. The highest BCUT2D eigenvalue weighted by atomic mass is 127. The Labute approximate surface area is 168 Å². The number of morpholine rings is 1. The molecule has 0 aromatic heterocycles. The minimum Gasteiger partial charge on any atom is -1.00 e. The fourth-order valence-electron chi connectivity index (χ4n) is 2.91. The van der Waals surface area contributed by atoms with Gasteiger partial charge in [-0.15, -0.1) is 0 Å². The van der Waals surface area contributed by atoms with Crippen molar-refractivity contribution in [3.8, 4) is 0 Å². The highest BCUT2D eigenvalue weighted by molar-refractivity contribution is 5.69. The third-order valence-electron chi connectivity index (χ3n) is 4.36. The van der Waals surface area contributed by atoms with Crippen LogP contribution in [0.2, 0.25) is 0 Å². The first kappa shape index (κ1) is 22.3. The molecule has 25 heavy (non-hydrogen) atoms. The van der Waals surface area contributed by atoms with Crippen LogP contribution in [-0.4, -0.2) is 63.1 Å². The summed E-state index contributed by atoms with van der Waals surface area (Å²) in [6, 6.07) is 10.1. The Balaban J connectivity index is 0.00000312. The number of hydrogen-bond acceptors (Lipinski definition) is 4. The van der Waals surface area contributed by atoms with Crippen molar-refractivity contribution in [3.05, 3.63) is 35.9 Å². The zero-order valence-corrected chi connectivity index (χ0v) is 17.4. The normalized spacial score (nSPS) is 17.4. The smallest absolute Gasteiger partial charge is 0.306 e. The number of carbonyl (C=O) groups excluding carboxylic acids is 1. The molecule has 1 atom stereocenters. The molecule has 2 rings (SSSR count). The number of ether oxygens (including phenoxy) is 3. The Kier molecular flexibility index (Phi) is 10.6. The summed E-state index contributed by atoms with van der Waals surface area (Å²) in [6.45, 7) is 7.13. The van der Waals surface area contributed by atoms with Crippen molar-refractivity contribution in [2.75, 3.05) is 46.5 Å². The lowest BCUT2D eigenvalue weighted by atomic mass is 10.2. The molecule has 0 bridgehead atoms. The number of hydrogen-bond donors (Lipinski definition) is 0. The summed E-state index contributed by atoms with van der Waals surface area (Å²) >= 11 is 0. The summed E-state index contributed by atoms with van der Waals surface area (Å²) in [5.74, 6) is -0.134. The minimum absolute atomic E-state index is 0. The van der Waals surface area contributed by atoms with E-state index in [1.807, 2.05) is 37.3 Å². The summed E-state index contributed by atoms with van der Waals surface area (Å²) < 4.78 is 17.8. The van der Waals surface area contributed by atoms with Crippen molar-refractivity contribution in [2.24, 2.45) is 0 Å². The molecule has 1 aliphatic rings. The summed E-state index contributed by atoms with van der Waals surface area (Å²) in [5.41, 5.74) is 1.13. The number of rotatable bonds is 9. The second-order valence-electron chi connectivity index (χ2n) is 6.72. The summed E-state index contributed by atoms with van der Waals surface area (Å²) in [4.78, 5) is 11.9. The fourth-order valence-corrected chi connectivity index (χ4v) is 2.91. The second kappa shape index (κ2) is 11.8. The van der Waals surface area contributed by atoms with Gasteiger partial charge in [0, 0.05) is 6.42 Å². The molecule has 142 valence electrons. The zero-order valence-electron chi connectivity index (χ0n) is 15.3. The second-order valence-corrected chi connectivity index (χ2v) is 6.72. The average Bonchev–Trinajstić information content (AvgIpc) is 2.56. The first-order chi connectivity index (χ1) is 11.6. The van der Waals surface area contributed by atoms with Gasteiger partial charge in [-0.2, -0.15) is 0 Å². The molecule has 6 heteroatoms. The van der Waals surface area contributed by atoms with Crippen molar-refractivity contribution >= 4 is 5.97 Å². The summed E-state index contributed by atoms with van der Waals surface area (Å²) in [6.07, 6.45) is 1.05. The molecule has 0 saturated carbocycles. The molecule has 1 aromatic rings. The Morgan fingerprint density at radius 3 is 2.56 bits per heavy atom. The van der Waals surface area contributed by atoms with Gasteiger partial charge in [0.15, 0.2) is 6.10 Å². The van der Waals surface area contributed by atoms with Crippen LogP contribution in [-0.2, 0) is 25.6 Å². The van der Waals surface area contributed by atoms with Crippen LogP contribution < -0.4 is 24.0 Å². The van der Waals surface area contributed by atoms with Gasteiger partial charge in [-0.1, -0.05) is 37.3 Å². The SMILES string of the molecule is CCCC(=O)OC(COCc1ccccc1)C[N+]1(C)CCOCC1.[I-]. The van der Waals surface area contributed by atoms with Gasteiger partial charge in [0.2, 0.25) is 0 Å². The van der Waals surface area contributed by atoms with E-state index in [1.165, 1.54) is 0 Å². The van der Waals surface area contributed by atoms with E-state index in [2.05, 4.69) is 7.05 Å². The molecule has 0 N–H and O–H groups in total. The Morgan fingerprint density at radius 2 is 1.92 bits per heavy atom. The average molecular weight is 463 g/mol. The largest absolute Gasteiger partial charge is 1.00 e. The van der Waals surface area contributed by atoms with Gasteiger partial charge in [-0.3, -0.25) is 4.79 Å². The van der Waals surface area contributed by atoms with Crippen LogP contribution in [0.3, 0.4) is 0 Å². The third kappa shape index (κ3) is 8.48. The highest BCUT2D eigenvalue weighted by Crippen LogP contribution is 2.12. The van der Waals surface area contributed by atoms with Crippen LogP contribution in [0, 0.1) is 0 Å². The molecule has 1 unspecified atom stereocenters. The quantitative estimate of drug-likeness (QED) is 0.279. The van der Waals surface area contributed by atoms with Crippen molar-refractivity contribution in [1.82, 2.24) is 0 Å². The maximum atomic E-state index is 11.9. The molecular weight excluding hydrogens is 433 g/mol. The van der Waals surface area contributed by atoms with Gasteiger partial charge in [0.05, 0.1) is 33.5 Å². The number of esters is 1. The standard InChI is InChI=1S/C19H30NO4.HI/c1-3-7-19(21)24-18(14-20(2)10-12-22-13-11-20)16-23-15-17-8-5-4-6-9-17;/h4-6,8-9,18H,3,7,10-16H2,1-2H3;1H/q+1;/p-1. The van der Waals surface area contributed by atoms with Crippen LogP contribution in [0.1, 0.15) is 25.3 Å². The van der Waals surface area contributed by atoms with Crippen molar-refractivity contribution in [1.29, 1.82) is 0 Å². The van der Waals surface area contributed by atoms with E-state index in [0.29, 0.717) is 19.6 Å². The van der Waals surface area contributed by atoms with Gasteiger partial charge < -0.3 is 42.7 Å². The van der Waals surface area contributed by atoms with E-state index in [4.69, 9.17) is 14.2 Å². The lowest BCUT2D eigenvalue weighted by molar-refractivity contribution is -0.919. The molecular formula is C19H30INO4. The Hall–Kier alpha value is -0.700. The maximum Gasteiger partial charge on any atom is 0.306 e. The van der Waals surface area contributed by atoms with Crippen LogP contribution in [0.5, 0.6) is 0 Å². The molecule has 1 aromatic carbocycles. The first-order valence-corrected chi connectivity index (χ1v) is 8.84. The molecule has 1 heterocycles. The maximum absolute atomic E-state index is 11.9. The monoisotopic (exact) mass is 463 g/mol. The van der Waals surface area contributed by atoms with Crippen molar-refractivity contribution in [2.45, 2.75) is 32.5 Å². The van der Waals surface area contributed by atoms with Crippen LogP contribution in [0.4, 0.5) is 0 Å². The van der Waals surface area contributed by atoms with E-state index in [9.17, 15) is 4.79 Å². The Bertz CT molecular complexity index is 491. The molecule has 0 spiro atoms. The lowest BCUT2D eigenvalue weighted by Crippen LogP contribution is -3.00. The van der Waals surface area contributed by atoms with Crippen LogP contribution in [0.25, 0.3) is 0 Å². The molecule has 1 aliphatic heterocycles. The van der Waals surface area contributed by atoms with Gasteiger partial charge in [-0.25, -0.2) is 0 Å². The predicted molar refractivity (Wildman–Crippen MR) is 92.5 cm³/mol. The number of nitrogens with zero attached hydrogens (tertiary/aromatic N) is 1. The van der Waals surface area contributed by atoms with E-state index in [-0.39, 0.29) is 36.0 Å². The molecule has 1 fully saturated rings. The number of halogens is 1. The first-order valence-electron chi connectivity index (χ1n) is 8.84. The van der Waals surface area contributed by atoms with Crippen molar-refractivity contribution < 1.29 is 47.5 Å². The van der Waals surface area contributed by atoms with Crippen LogP contribution >= 0.6 is 0 Å². The van der Waals surface area contributed by atoms with E-state index < -0.39 is 0 Å². The lowest BCUT2D eigenvalue weighted by Gasteiger charge is -2.39. The molecule has 0 aliphatic carbocycles. The van der Waals surface area contributed by atoms with Crippen molar-refractivity contribution in [3.63, 3.8) is 0 Å². The van der Waals surface area contributed by atoms with Crippen LogP contribution in [0.15, 0.2) is 30.3 Å². The molecule has 0 amide bonds. The number of carbonyl (C=O) groups is 1. The molecule has 0 radical (unpaired) electrons. The number of quaternary nitrogens is 1. The number of likely N-dealkylation sites (N-methyl/N-ethyl adjacent to an activating group) is 1. The van der Waals surface area contributed by atoms with E-state index >= 15 is 0 Å². The highest BCUT2D eigenvalue weighted by Gasteiger charge is 2.31. The van der Waals surface area contributed by atoms with Gasteiger partial charge in [0.1, 0.15) is 19.6 Å². The topological polar surface area (TPSA) is 44.8 Å². The van der Waals surface area contributed by atoms with E-state index in [0.717, 1.165) is 49.3 Å². The predicted octanol–water partition coefficient (Wildman–Crippen LogP) is -0.604.